The molecule has 21 heavy (non-hydrogen) atoms. The van der Waals surface area contributed by atoms with Crippen molar-refractivity contribution >= 4 is 7.37 Å². The molecule has 6 unspecified atom stereocenters. The van der Waals surface area contributed by atoms with Gasteiger partial charge in [-0.15, -0.1) is 0 Å². The van der Waals surface area contributed by atoms with Gasteiger partial charge in [0.1, 0.15) is 0 Å². The van der Waals surface area contributed by atoms with E-state index in [-0.39, 0.29) is 24.5 Å². The van der Waals surface area contributed by atoms with E-state index in [1.807, 2.05) is 0 Å². The highest BCUT2D eigenvalue weighted by Gasteiger charge is 2.52. The highest BCUT2D eigenvalue weighted by molar-refractivity contribution is 7.59. The molecule has 2 saturated carbocycles. The Balaban J connectivity index is 1.80. The summed E-state index contributed by atoms with van der Waals surface area (Å²) in [6.45, 7) is 0.249. The van der Waals surface area contributed by atoms with Crippen molar-refractivity contribution in [3.63, 3.8) is 0 Å². The van der Waals surface area contributed by atoms with Gasteiger partial charge in [-0.05, 0) is 37.5 Å². The van der Waals surface area contributed by atoms with Crippen LogP contribution in [0.2, 0.25) is 0 Å². The molecule has 0 amide bonds. The maximum Gasteiger partial charge on any atom is 0.209 e. The Bertz CT molecular complexity index is 400. The summed E-state index contributed by atoms with van der Waals surface area (Å²) < 4.78 is 24.7. The van der Waals surface area contributed by atoms with Crippen molar-refractivity contribution in [2.75, 3.05) is 19.9 Å². The molecular weight excluding hydrogens is 287 g/mol. The maximum absolute atomic E-state index is 13.5. The van der Waals surface area contributed by atoms with Gasteiger partial charge in [0, 0.05) is 12.8 Å². The van der Waals surface area contributed by atoms with Crippen LogP contribution in [0.15, 0.2) is 0 Å². The van der Waals surface area contributed by atoms with E-state index in [1.165, 1.54) is 32.1 Å². The SMILES string of the molecule is COCC(O)CP1(=O)OC2CCCCC2C2CCCCC21. The van der Waals surface area contributed by atoms with Crippen LogP contribution in [-0.2, 0) is 13.8 Å². The van der Waals surface area contributed by atoms with E-state index in [1.54, 1.807) is 7.11 Å². The van der Waals surface area contributed by atoms with Crippen molar-refractivity contribution in [3.05, 3.63) is 0 Å². The second-order valence-electron chi connectivity index (χ2n) is 7.13. The lowest BCUT2D eigenvalue weighted by Crippen LogP contribution is -2.46. The highest BCUT2D eigenvalue weighted by atomic mass is 31.2. The van der Waals surface area contributed by atoms with Gasteiger partial charge in [0.25, 0.3) is 0 Å². The molecule has 122 valence electrons. The van der Waals surface area contributed by atoms with E-state index < -0.39 is 13.5 Å². The zero-order chi connectivity index (χ0) is 14.9. The summed E-state index contributed by atoms with van der Waals surface area (Å²) in [6, 6.07) is 0. The van der Waals surface area contributed by atoms with Crippen LogP contribution in [0.25, 0.3) is 0 Å². The second-order valence-corrected chi connectivity index (χ2v) is 9.82. The van der Waals surface area contributed by atoms with Gasteiger partial charge in [-0.25, -0.2) is 0 Å². The van der Waals surface area contributed by atoms with Crippen LogP contribution in [0.4, 0.5) is 0 Å². The first-order valence-corrected chi connectivity index (χ1v) is 10.5. The largest absolute Gasteiger partial charge is 0.390 e. The average Bonchev–Trinajstić information content (AvgIpc) is 2.47. The third kappa shape index (κ3) is 3.24. The first kappa shape index (κ1) is 16.0. The molecule has 4 nitrogen and oxygen atoms in total. The quantitative estimate of drug-likeness (QED) is 0.808. The Kier molecular flexibility index (Phi) is 5.10. The Labute approximate surface area is 128 Å². The zero-order valence-corrected chi connectivity index (χ0v) is 14.0. The van der Waals surface area contributed by atoms with E-state index in [0.717, 1.165) is 19.3 Å². The Morgan fingerprint density at radius 1 is 1.14 bits per heavy atom. The Hall–Kier alpha value is 0.110. The van der Waals surface area contributed by atoms with Gasteiger partial charge in [-0.1, -0.05) is 25.7 Å². The molecule has 0 spiro atoms. The monoisotopic (exact) mass is 316 g/mol. The molecule has 0 aromatic rings. The van der Waals surface area contributed by atoms with Crippen molar-refractivity contribution in [1.29, 1.82) is 0 Å². The fraction of sp³-hybridized carbons (Fsp3) is 1.00. The molecule has 1 heterocycles. The minimum atomic E-state index is -2.75. The standard InChI is InChI=1S/C16H29O4P/c1-19-10-12(17)11-21(18)16-9-5-3-7-14(16)13-6-2-4-8-15(13)20-21/h12-17H,2-11H2,1H3. The fourth-order valence-electron chi connectivity index (χ4n) is 4.90. The number of aliphatic hydroxyl groups excluding tert-OH is 1. The van der Waals surface area contributed by atoms with Crippen LogP contribution >= 0.6 is 7.37 Å². The highest BCUT2D eigenvalue weighted by Crippen LogP contribution is 2.66. The predicted molar refractivity (Wildman–Crippen MR) is 82.9 cm³/mol. The van der Waals surface area contributed by atoms with Gasteiger partial charge in [-0.2, -0.15) is 0 Å². The zero-order valence-electron chi connectivity index (χ0n) is 13.1. The van der Waals surface area contributed by atoms with Gasteiger partial charge < -0.3 is 14.4 Å². The molecule has 2 aliphatic carbocycles. The fourth-order valence-corrected chi connectivity index (χ4v) is 8.35. The van der Waals surface area contributed by atoms with Gasteiger partial charge in [0.15, 0.2) is 0 Å². The molecule has 0 aromatic carbocycles. The van der Waals surface area contributed by atoms with Crippen LogP contribution in [-0.4, -0.2) is 42.9 Å². The number of rotatable bonds is 4. The van der Waals surface area contributed by atoms with Crippen LogP contribution in [0.3, 0.4) is 0 Å². The lowest BCUT2D eigenvalue weighted by molar-refractivity contribution is 0.0126. The summed E-state index contributed by atoms with van der Waals surface area (Å²) in [6.07, 6.45) is 9.24. The van der Waals surface area contributed by atoms with Crippen LogP contribution in [0, 0.1) is 11.8 Å². The summed E-state index contributed by atoms with van der Waals surface area (Å²) in [7, 11) is -1.18. The van der Waals surface area contributed by atoms with Crippen molar-refractivity contribution in [2.45, 2.75) is 69.2 Å². The minimum Gasteiger partial charge on any atom is -0.390 e. The van der Waals surface area contributed by atoms with E-state index in [4.69, 9.17) is 9.26 Å². The molecule has 3 rings (SSSR count). The van der Waals surface area contributed by atoms with Crippen LogP contribution in [0.1, 0.15) is 51.4 Å². The van der Waals surface area contributed by atoms with Gasteiger partial charge in [0.05, 0.1) is 25.0 Å². The molecule has 1 aliphatic heterocycles. The Morgan fingerprint density at radius 2 is 1.81 bits per heavy atom. The summed E-state index contributed by atoms with van der Waals surface area (Å²) in [5.41, 5.74) is 0.192. The molecule has 5 heteroatoms. The summed E-state index contributed by atoms with van der Waals surface area (Å²) in [4.78, 5) is 0. The molecule has 6 atom stereocenters. The molecular formula is C16H29O4P. The third-order valence-corrected chi connectivity index (χ3v) is 8.94. The summed E-state index contributed by atoms with van der Waals surface area (Å²) >= 11 is 0. The molecule has 0 radical (unpaired) electrons. The second kappa shape index (κ2) is 6.70. The number of aliphatic hydroxyl groups is 1. The van der Waals surface area contributed by atoms with E-state index in [9.17, 15) is 9.67 Å². The maximum atomic E-state index is 13.5. The molecule has 0 bridgehead atoms. The number of hydrogen-bond donors (Lipinski definition) is 1. The van der Waals surface area contributed by atoms with Crippen molar-refractivity contribution in [1.82, 2.24) is 0 Å². The topological polar surface area (TPSA) is 55.8 Å². The van der Waals surface area contributed by atoms with Gasteiger partial charge in [0.2, 0.25) is 7.37 Å². The Morgan fingerprint density at radius 3 is 2.57 bits per heavy atom. The smallest absolute Gasteiger partial charge is 0.209 e. The number of hydrogen-bond acceptors (Lipinski definition) is 4. The van der Waals surface area contributed by atoms with Crippen LogP contribution < -0.4 is 0 Å². The average molecular weight is 316 g/mol. The van der Waals surface area contributed by atoms with E-state index in [0.29, 0.717) is 11.8 Å². The normalized spacial score (nSPS) is 44.7. The molecule has 1 N–H and O–H groups in total. The first-order valence-electron chi connectivity index (χ1n) is 8.58. The molecule has 0 aromatic heterocycles. The van der Waals surface area contributed by atoms with Crippen molar-refractivity contribution < 1.29 is 18.9 Å². The lowest BCUT2D eigenvalue weighted by atomic mass is 9.71. The van der Waals surface area contributed by atoms with E-state index in [2.05, 4.69) is 0 Å². The molecule has 3 aliphatic rings. The third-order valence-electron chi connectivity index (χ3n) is 5.73. The number of methoxy groups -OCH3 is 1. The predicted octanol–water partition coefficient (Wildman–Crippen LogP) is 3.42. The lowest BCUT2D eigenvalue weighted by Gasteiger charge is -2.51. The number of ether oxygens (including phenoxy) is 1. The summed E-state index contributed by atoms with van der Waals surface area (Å²) in [5, 5.41) is 10.1. The van der Waals surface area contributed by atoms with Crippen LogP contribution in [0.5, 0.6) is 0 Å². The van der Waals surface area contributed by atoms with Gasteiger partial charge >= 0.3 is 0 Å². The number of fused-ring (bicyclic) bond motifs is 3. The van der Waals surface area contributed by atoms with Crippen molar-refractivity contribution in [3.8, 4) is 0 Å². The minimum absolute atomic E-state index is 0.179. The van der Waals surface area contributed by atoms with Gasteiger partial charge in [-0.3, -0.25) is 4.57 Å². The molecule has 1 saturated heterocycles. The van der Waals surface area contributed by atoms with Crippen molar-refractivity contribution in [2.24, 2.45) is 11.8 Å². The molecule has 3 fully saturated rings. The van der Waals surface area contributed by atoms with E-state index >= 15 is 0 Å². The first-order chi connectivity index (χ1) is 10.1. The summed E-state index contributed by atoms with van der Waals surface area (Å²) in [5.74, 6) is 1.18.